The van der Waals surface area contributed by atoms with E-state index < -0.39 is 17.5 Å². The van der Waals surface area contributed by atoms with Gasteiger partial charge in [0.05, 0.1) is 0 Å². The highest BCUT2D eigenvalue weighted by Gasteiger charge is 2.10. The second-order valence-electron chi connectivity index (χ2n) is 3.41. The van der Waals surface area contributed by atoms with Crippen molar-refractivity contribution in [2.45, 2.75) is 6.42 Å². The molecule has 1 heterocycles. The molecule has 0 bridgehead atoms. The van der Waals surface area contributed by atoms with Crippen molar-refractivity contribution in [2.75, 3.05) is 0 Å². The summed E-state index contributed by atoms with van der Waals surface area (Å²) >= 11 is 0. The number of hydrogen-bond donors (Lipinski definition) is 0. The normalized spacial score (nSPS) is 10.4. The van der Waals surface area contributed by atoms with Crippen molar-refractivity contribution in [1.82, 2.24) is 4.98 Å². The fourth-order valence-corrected chi connectivity index (χ4v) is 1.45. The third kappa shape index (κ3) is 2.21. The molecule has 0 atom stereocenters. The van der Waals surface area contributed by atoms with Crippen LogP contribution >= 0.6 is 0 Å². The summed E-state index contributed by atoms with van der Waals surface area (Å²) in [6, 6.07) is 5.47. The molecule has 0 saturated heterocycles. The highest BCUT2D eigenvalue weighted by atomic mass is 19.2. The van der Waals surface area contributed by atoms with Crippen LogP contribution in [0.4, 0.5) is 13.2 Å². The van der Waals surface area contributed by atoms with Crippen LogP contribution in [0, 0.1) is 17.5 Å². The molecular weight excluding hydrogens is 215 g/mol. The molecule has 0 saturated carbocycles. The summed E-state index contributed by atoms with van der Waals surface area (Å²) in [5.41, 5.74) is 1.25. The molecule has 16 heavy (non-hydrogen) atoms. The van der Waals surface area contributed by atoms with Crippen LogP contribution in [0.3, 0.4) is 0 Å². The Kier molecular flexibility index (Phi) is 2.90. The number of pyridine rings is 1. The summed E-state index contributed by atoms with van der Waals surface area (Å²) in [6.45, 7) is 0. The molecule has 2 rings (SSSR count). The first-order valence-electron chi connectivity index (χ1n) is 4.69. The quantitative estimate of drug-likeness (QED) is 0.713. The number of halogens is 3. The van der Waals surface area contributed by atoms with Gasteiger partial charge in [-0.1, -0.05) is 0 Å². The monoisotopic (exact) mass is 223 g/mol. The Morgan fingerprint density at radius 2 is 1.44 bits per heavy atom. The predicted molar refractivity (Wildman–Crippen MR) is 53.4 cm³/mol. The van der Waals surface area contributed by atoms with Crippen LogP contribution in [0.2, 0.25) is 0 Å². The van der Waals surface area contributed by atoms with Crippen molar-refractivity contribution in [2.24, 2.45) is 0 Å². The molecular formula is C12H8F3N. The molecule has 1 nitrogen and oxygen atoms in total. The first-order chi connectivity index (χ1) is 7.66. The van der Waals surface area contributed by atoms with E-state index in [1.54, 1.807) is 24.5 Å². The van der Waals surface area contributed by atoms with E-state index in [1.807, 2.05) is 0 Å². The summed E-state index contributed by atoms with van der Waals surface area (Å²) in [7, 11) is 0. The molecule has 0 radical (unpaired) electrons. The molecule has 4 heteroatoms. The van der Waals surface area contributed by atoms with Gasteiger partial charge in [-0.2, -0.15) is 0 Å². The molecule has 2 aromatic rings. The lowest BCUT2D eigenvalue weighted by molar-refractivity contribution is 0.445. The van der Waals surface area contributed by atoms with E-state index in [1.165, 1.54) is 0 Å². The topological polar surface area (TPSA) is 12.9 Å². The molecule has 1 aromatic carbocycles. The van der Waals surface area contributed by atoms with Crippen LogP contribution < -0.4 is 0 Å². The summed E-state index contributed by atoms with van der Waals surface area (Å²) in [4.78, 5) is 3.83. The van der Waals surface area contributed by atoms with Gasteiger partial charge in [0, 0.05) is 12.4 Å². The highest BCUT2D eigenvalue weighted by Crippen LogP contribution is 2.16. The van der Waals surface area contributed by atoms with E-state index in [0.717, 1.165) is 17.7 Å². The average Bonchev–Trinajstić information content (AvgIpc) is 2.27. The number of aromatic nitrogens is 1. The van der Waals surface area contributed by atoms with Crippen LogP contribution in [-0.2, 0) is 6.42 Å². The Labute approximate surface area is 90.6 Å². The van der Waals surface area contributed by atoms with Gasteiger partial charge < -0.3 is 0 Å². The number of nitrogens with zero attached hydrogens (tertiary/aromatic N) is 1. The number of rotatable bonds is 2. The van der Waals surface area contributed by atoms with Gasteiger partial charge in [0.1, 0.15) is 0 Å². The standard InChI is InChI=1S/C12H8F3N/c13-10-6-9(7-11(14)12(10)15)5-8-1-3-16-4-2-8/h1-4,6-7H,5H2. The van der Waals surface area contributed by atoms with Gasteiger partial charge >= 0.3 is 0 Å². The van der Waals surface area contributed by atoms with E-state index in [4.69, 9.17) is 0 Å². The molecule has 0 fully saturated rings. The van der Waals surface area contributed by atoms with Gasteiger partial charge in [-0.3, -0.25) is 4.98 Å². The third-order valence-electron chi connectivity index (χ3n) is 2.20. The van der Waals surface area contributed by atoms with Gasteiger partial charge in [0.15, 0.2) is 17.5 Å². The zero-order chi connectivity index (χ0) is 11.5. The lowest BCUT2D eigenvalue weighted by Crippen LogP contribution is -1.96. The van der Waals surface area contributed by atoms with Gasteiger partial charge in [0.2, 0.25) is 0 Å². The molecule has 0 aliphatic carbocycles. The Balaban J connectivity index is 2.29. The SMILES string of the molecule is Fc1cc(Cc2ccncc2)cc(F)c1F. The van der Waals surface area contributed by atoms with Crippen molar-refractivity contribution < 1.29 is 13.2 Å². The second kappa shape index (κ2) is 4.35. The molecule has 0 spiro atoms. The van der Waals surface area contributed by atoms with Gasteiger partial charge in [-0.05, 0) is 41.8 Å². The van der Waals surface area contributed by atoms with Crippen LogP contribution in [0.1, 0.15) is 11.1 Å². The van der Waals surface area contributed by atoms with Crippen molar-refractivity contribution in [3.8, 4) is 0 Å². The molecule has 0 N–H and O–H groups in total. The summed E-state index contributed by atoms with van der Waals surface area (Å²) < 4.78 is 38.5. The van der Waals surface area contributed by atoms with E-state index >= 15 is 0 Å². The summed E-state index contributed by atoms with van der Waals surface area (Å²) in [5.74, 6) is -3.76. The van der Waals surface area contributed by atoms with E-state index in [9.17, 15) is 13.2 Å². The minimum absolute atomic E-state index is 0.344. The zero-order valence-corrected chi connectivity index (χ0v) is 8.25. The van der Waals surface area contributed by atoms with Crippen molar-refractivity contribution >= 4 is 0 Å². The third-order valence-corrected chi connectivity index (χ3v) is 2.20. The molecule has 0 aliphatic rings. The Hall–Kier alpha value is -1.84. The molecule has 1 aromatic heterocycles. The van der Waals surface area contributed by atoms with Crippen molar-refractivity contribution in [3.63, 3.8) is 0 Å². The first kappa shape index (κ1) is 10.7. The largest absolute Gasteiger partial charge is 0.265 e. The molecule has 0 amide bonds. The summed E-state index contributed by atoms with van der Waals surface area (Å²) in [6.07, 6.45) is 3.52. The maximum absolute atomic E-state index is 12.9. The predicted octanol–water partition coefficient (Wildman–Crippen LogP) is 3.09. The van der Waals surface area contributed by atoms with Crippen molar-refractivity contribution in [3.05, 3.63) is 65.2 Å². The summed E-state index contributed by atoms with van der Waals surface area (Å²) in [5, 5.41) is 0. The van der Waals surface area contributed by atoms with Gasteiger partial charge in [-0.15, -0.1) is 0 Å². The minimum Gasteiger partial charge on any atom is -0.265 e. The maximum atomic E-state index is 12.9. The molecule has 0 unspecified atom stereocenters. The minimum atomic E-state index is -1.43. The average molecular weight is 223 g/mol. The maximum Gasteiger partial charge on any atom is 0.194 e. The van der Waals surface area contributed by atoms with Crippen molar-refractivity contribution in [1.29, 1.82) is 0 Å². The fraction of sp³-hybridized carbons (Fsp3) is 0.0833. The lowest BCUT2D eigenvalue weighted by Gasteiger charge is -2.03. The molecule has 82 valence electrons. The van der Waals surface area contributed by atoms with E-state index in [-0.39, 0.29) is 0 Å². The fourth-order valence-electron chi connectivity index (χ4n) is 1.45. The van der Waals surface area contributed by atoms with Crippen LogP contribution in [-0.4, -0.2) is 4.98 Å². The molecule has 0 aliphatic heterocycles. The van der Waals surface area contributed by atoms with Gasteiger partial charge in [0.25, 0.3) is 0 Å². The Morgan fingerprint density at radius 3 is 2.00 bits per heavy atom. The number of benzene rings is 1. The van der Waals surface area contributed by atoms with E-state index in [2.05, 4.69) is 4.98 Å². The lowest BCUT2D eigenvalue weighted by atomic mass is 10.1. The van der Waals surface area contributed by atoms with Crippen LogP contribution in [0.25, 0.3) is 0 Å². The van der Waals surface area contributed by atoms with Gasteiger partial charge in [-0.25, -0.2) is 13.2 Å². The number of hydrogen-bond acceptors (Lipinski definition) is 1. The van der Waals surface area contributed by atoms with Crippen LogP contribution in [0.5, 0.6) is 0 Å². The first-order valence-corrected chi connectivity index (χ1v) is 4.69. The van der Waals surface area contributed by atoms with E-state index in [0.29, 0.717) is 12.0 Å². The zero-order valence-electron chi connectivity index (χ0n) is 8.25. The highest BCUT2D eigenvalue weighted by molar-refractivity contribution is 5.26. The smallest absolute Gasteiger partial charge is 0.194 e. The van der Waals surface area contributed by atoms with Crippen LogP contribution in [0.15, 0.2) is 36.7 Å². The Morgan fingerprint density at radius 1 is 0.875 bits per heavy atom. The second-order valence-corrected chi connectivity index (χ2v) is 3.41. The Bertz CT molecular complexity index is 474.